The first-order valence-corrected chi connectivity index (χ1v) is 7.57. The van der Waals surface area contributed by atoms with Gasteiger partial charge in [-0.05, 0) is 49.9 Å². The van der Waals surface area contributed by atoms with Crippen molar-refractivity contribution < 1.29 is 14.3 Å². The molecular weight excluding hydrogens is 280 g/mol. The summed E-state index contributed by atoms with van der Waals surface area (Å²) in [7, 11) is 1.65. The number of anilines is 2. The summed E-state index contributed by atoms with van der Waals surface area (Å²) in [6, 6.07) is 7.13. The number of allylic oxidation sites excluding steroid dienone is 2. The monoisotopic (exact) mass is 302 g/mol. The van der Waals surface area contributed by atoms with Gasteiger partial charge in [0.05, 0.1) is 6.61 Å². The fourth-order valence-corrected chi connectivity index (χ4v) is 2.41. The minimum atomic E-state index is -0.396. The first kappa shape index (κ1) is 16.1. The van der Waals surface area contributed by atoms with Gasteiger partial charge in [0, 0.05) is 24.8 Å². The van der Waals surface area contributed by atoms with Crippen LogP contribution < -0.4 is 10.2 Å². The lowest BCUT2D eigenvalue weighted by Crippen LogP contribution is -2.26. The van der Waals surface area contributed by atoms with Crippen molar-refractivity contribution in [2.45, 2.75) is 26.2 Å². The van der Waals surface area contributed by atoms with Gasteiger partial charge in [0.25, 0.3) is 0 Å². The lowest BCUT2D eigenvalue weighted by atomic mass is 10.1. The Kier molecular flexibility index (Phi) is 5.58. The van der Waals surface area contributed by atoms with Crippen LogP contribution in [0.5, 0.6) is 0 Å². The molecule has 1 aromatic carbocycles. The first-order valence-electron chi connectivity index (χ1n) is 7.57. The second kappa shape index (κ2) is 7.64. The molecule has 5 heteroatoms. The highest BCUT2D eigenvalue weighted by atomic mass is 16.6. The minimum absolute atomic E-state index is 0.0167. The molecule has 0 saturated heterocycles. The molecule has 1 aliphatic rings. The van der Waals surface area contributed by atoms with Crippen molar-refractivity contribution in [3.63, 3.8) is 0 Å². The van der Waals surface area contributed by atoms with Crippen LogP contribution in [0.3, 0.4) is 0 Å². The third-order valence-electron chi connectivity index (χ3n) is 3.64. The first-order chi connectivity index (χ1) is 10.6. The fourth-order valence-electron chi connectivity index (χ4n) is 2.41. The van der Waals surface area contributed by atoms with Gasteiger partial charge >= 0.3 is 6.09 Å². The van der Waals surface area contributed by atoms with Crippen LogP contribution >= 0.6 is 0 Å². The van der Waals surface area contributed by atoms with Crippen molar-refractivity contribution in [1.82, 2.24) is 0 Å². The highest BCUT2D eigenvalue weighted by molar-refractivity contribution is 5.92. The largest absolute Gasteiger partial charge is 0.449 e. The molecule has 0 fully saturated rings. The van der Waals surface area contributed by atoms with Gasteiger partial charge in [-0.2, -0.15) is 0 Å². The summed E-state index contributed by atoms with van der Waals surface area (Å²) in [5.74, 6) is 0.372. The lowest BCUT2D eigenvalue weighted by Gasteiger charge is -2.17. The third-order valence-corrected chi connectivity index (χ3v) is 3.64. The number of nitrogens with zero attached hydrogens (tertiary/aromatic N) is 1. The van der Waals surface area contributed by atoms with Crippen LogP contribution in [0.25, 0.3) is 0 Å². The number of rotatable bonds is 5. The van der Waals surface area contributed by atoms with Crippen molar-refractivity contribution >= 4 is 23.4 Å². The number of ether oxygens (including phenoxy) is 1. The Balaban J connectivity index is 1.89. The molecule has 22 heavy (non-hydrogen) atoms. The number of hydrogen-bond donors (Lipinski definition) is 1. The van der Waals surface area contributed by atoms with Crippen molar-refractivity contribution in [1.29, 1.82) is 0 Å². The predicted octanol–water partition coefficient (Wildman–Crippen LogP) is 3.57. The highest BCUT2D eigenvalue weighted by Gasteiger charge is 2.15. The molecule has 0 aliphatic heterocycles. The molecule has 0 saturated carbocycles. The maximum atomic E-state index is 12.0. The van der Waals surface area contributed by atoms with E-state index in [0.29, 0.717) is 18.9 Å². The van der Waals surface area contributed by atoms with E-state index in [1.54, 1.807) is 38.2 Å². The average Bonchev–Trinajstić information content (AvgIpc) is 3.00. The van der Waals surface area contributed by atoms with Crippen LogP contribution in [0.4, 0.5) is 16.2 Å². The minimum Gasteiger partial charge on any atom is -0.449 e. The molecule has 0 bridgehead atoms. The van der Waals surface area contributed by atoms with Crippen molar-refractivity contribution in [2.75, 3.05) is 23.9 Å². The van der Waals surface area contributed by atoms with Crippen LogP contribution in [0.2, 0.25) is 0 Å². The Hall–Kier alpha value is -2.30. The molecule has 2 amide bonds. The molecule has 1 aliphatic carbocycles. The number of nitrogens with one attached hydrogen (secondary N) is 1. The van der Waals surface area contributed by atoms with Gasteiger partial charge in [0.1, 0.15) is 0 Å². The van der Waals surface area contributed by atoms with Gasteiger partial charge in [-0.1, -0.05) is 12.2 Å². The number of carbonyl (C=O) groups is 2. The lowest BCUT2D eigenvalue weighted by molar-refractivity contribution is -0.116. The SMILES string of the molecule is CCOC(=O)N(C)c1ccc(NC(=O)CC2C=CCC2)cc1. The van der Waals surface area contributed by atoms with E-state index in [4.69, 9.17) is 4.74 Å². The Morgan fingerprint density at radius 1 is 1.32 bits per heavy atom. The smallest absolute Gasteiger partial charge is 0.413 e. The summed E-state index contributed by atoms with van der Waals surface area (Å²) < 4.78 is 4.94. The summed E-state index contributed by atoms with van der Waals surface area (Å²) in [6.45, 7) is 2.11. The Bertz CT molecular complexity index is 552. The van der Waals surface area contributed by atoms with Gasteiger partial charge in [-0.3, -0.25) is 9.69 Å². The molecule has 2 rings (SSSR count). The molecule has 0 heterocycles. The molecule has 0 radical (unpaired) electrons. The molecular formula is C17H22N2O3. The quantitative estimate of drug-likeness (QED) is 0.846. The van der Waals surface area contributed by atoms with E-state index in [-0.39, 0.29) is 5.91 Å². The topological polar surface area (TPSA) is 58.6 Å². The molecule has 0 spiro atoms. The van der Waals surface area contributed by atoms with Crippen LogP contribution in [0.1, 0.15) is 26.2 Å². The summed E-state index contributed by atoms with van der Waals surface area (Å²) in [6.07, 6.45) is 6.46. The zero-order chi connectivity index (χ0) is 15.9. The molecule has 118 valence electrons. The van der Waals surface area contributed by atoms with E-state index in [1.807, 2.05) is 0 Å². The molecule has 0 aromatic heterocycles. The van der Waals surface area contributed by atoms with Crippen LogP contribution in [0.15, 0.2) is 36.4 Å². The van der Waals surface area contributed by atoms with E-state index in [9.17, 15) is 9.59 Å². The van der Waals surface area contributed by atoms with Crippen molar-refractivity contribution in [2.24, 2.45) is 5.92 Å². The predicted molar refractivity (Wildman–Crippen MR) is 87.0 cm³/mol. The molecule has 5 nitrogen and oxygen atoms in total. The van der Waals surface area contributed by atoms with E-state index >= 15 is 0 Å². The summed E-state index contributed by atoms with van der Waals surface area (Å²) in [4.78, 5) is 25.0. The Morgan fingerprint density at radius 2 is 2.05 bits per heavy atom. The van der Waals surface area contributed by atoms with E-state index in [2.05, 4.69) is 17.5 Å². The maximum absolute atomic E-state index is 12.0. The van der Waals surface area contributed by atoms with Gasteiger partial charge in [-0.15, -0.1) is 0 Å². The maximum Gasteiger partial charge on any atom is 0.413 e. The van der Waals surface area contributed by atoms with Gasteiger partial charge in [0.2, 0.25) is 5.91 Å². The van der Waals surface area contributed by atoms with Crippen LogP contribution in [-0.2, 0) is 9.53 Å². The van der Waals surface area contributed by atoms with Crippen molar-refractivity contribution in [3.05, 3.63) is 36.4 Å². The van der Waals surface area contributed by atoms with E-state index in [0.717, 1.165) is 24.2 Å². The number of carbonyl (C=O) groups excluding carboxylic acids is 2. The number of benzene rings is 1. The zero-order valence-electron chi connectivity index (χ0n) is 13.0. The zero-order valence-corrected chi connectivity index (χ0v) is 13.0. The summed E-state index contributed by atoms with van der Waals surface area (Å²) >= 11 is 0. The van der Waals surface area contributed by atoms with Crippen molar-refractivity contribution in [3.8, 4) is 0 Å². The van der Waals surface area contributed by atoms with Crippen LogP contribution in [-0.4, -0.2) is 25.7 Å². The van der Waals surface area contributed by atoms with Gasteiger partial charge in [0.15, 0.2) is 0 Å². The third kappa shape index (κ3) is 4.35. The number of amides is 2. The Labute approximate surface area is 130 Å². The normalized spacial score (nSPS) is 16.4. The second-order valence-corrected chi connectivity index (χ2v) is 5.32. The van der Waals surface area contributed by atoms with Gasteiger partial charge < -0.3 is 10.1 Å². The molecule has 1 N–H and O–H groups in total. The fraction of sp³-hybridized carbons (Fsp3) is 0.412. The van der Waals surface area contributed by atoms with E-state index < -0.39 is 6.09 Å². The highest BCUT2D eigenvalue weighted by Crippen LogP contribution is 2.22. The average molecular weight is 302 g/mol. The second-order valence-electron chi connectivity index (χ2n) is 5.32. The summed E-state index contributed by atoms with van der Waals surface area (Å²) in [5, 5.41) is 2.88. The number of hydrogen-bond acceptors (Lipinski definition) is 3. The standard InChI is InChI=1S/C17H22N2O3/c1-3-22-17(21)19(2)15-10-8-14(9-11-15)18-16(20)12-13-6-4-5-7-13/h4,6,8-11,13H,3,5,7,12H2,1-2H3,(H,18,20). The molecule has 1 unspecified atom stereocenters. The van der Waals surface area contributed by atoms with E-state index in [1.165, 1.54) is 4.90 Å². The van der Waals surface area contributed by atoms with Crippen LogP contribution in [0, 0.1) is 5.92 Å². The summed E-state index contributed by atoms with van der Waals surface area (Å²) in [5.41, 5.74) is 1.45. The molecule has 1 atom stereocenters. The van der Waals surface area contributed by atoms with Gasteiger partial charge in [-0.25, -0.2) is 4.79 Å². The molecule has 1 aromatic rings. The Morgan fingerprint density at radius 3 is 2.64 bits per heavy atom.